The van der Waals surface area contributed by atoms with Gasteiger partial charge >= 0.3 is 0 Å². The first-order chi connectivity index (χ1) is 12.5. The fourth-order valence-corrected chi connectivity index (χ4v) is 5.20. The van der Waals surface area contributed by atoms with Crippen molar-refractivity contribution in [3.63, 3.8) is 0 Å². The molecule has 1 N–H and O–H groups in total. The standard InChI is InChI=1S/C16H23N5O2S3/c1-2-8-17-15-18-21(16(24)25-15)13-19-9-11-20(12-10-19)26(22,23)14-6-4-3-5-7-14/h3-7H,2,8-13H2,1H3,(H,17,18). The fourth-order valence-electron chi connectivity index (χ4n) is 2.74. The maximum atomic E-state index is 12.7. The van der Waals surface area contributed by atoms with Gasteiger partial charge in [0, 0.05) is 32.7 Å². The van der Waals surface area contributed by atoms with Crippen LogP contribution in [-0.4, -0.2) is 60.1 Å². The average Bonchev–Trinajstić information content (AvgIpc) is 3.00. The highest BCUT2D eigenvalue weighted by atomic mass is 32.2. The van der Waals surface area contributed by atoms with Gasteiger partial charge < -0.3 is 5.32 Å². The summed E-state index contributed by atoms with van der Waals surface area (Å²) in [7, 11) is -3.42. The summed E-state index contributed by atoms with van der Waals surface area (Å²) >= 11 is 6.85. The Morgan fingerprint density at radius 3 is 2.54 bits per heavy atom. The summed E-state index contributed by atoms with van der Waals surface area (Å²) in [6, 6.07) is 8.59. The molecule has 0 aliphatic carbocycles. The number of benzene rings is 1. The van der Waals surface area contributed by atoms with Gasteiger partial charge in [-0.25, -0.2) is 13.1 Å². The Hall–Kier alpha value is -1.33. The number of anilines is 1. The zero-order valence-electron chi connectivity index (χ0n) is 14.7. The number of hydrogen-bond acceptors (Lipinski definition) is 7. The largest absolute Gasteiger partial charge is 0.360 e. The van der Waals surface area contributed by atoms with Crippen LogP contribution in [0.1, 0.15) is 13.3 Å². The number of aromatic nitrogens is 2. The van der Waals surface area contributed by atoms with E-state index in [1.807, 2.05) is 6.07 Å². The van der Waals surface area contributed by atoms with Crippen LogP contribution in [0.2, 0.25) is 0 Å². The van der Waals surface area contributed by atoms with Gasteiger partial charge in [-0.3, -0.25) is 4.90 Å². The van der Waals surface area contributed by atoms with Gasteiger partial charge in [-0.05, 0) is 30.8 Å². The molecule has 26 heavy (non-hydrogen) atoms. The third-order valence-corrected chi connectivity index (χ3v) is 7.36. The Kier molecular flexibility index (Phi) is 6.41. The zero-order valence-corrected chi connectivity index (χ0v) is 17.1. The van der Waals surface area contributed by atoms with Crippen molar-refractivity contribution in [3.05, 3.63) is 34.3 Å². The lowest BCUT2D eigenvalue weighted by molar-refractivity contribution is 0.145. The summed E-state index contributed by atoms with van der Waals surface area (Å²) < 4.78 is 29.4. The van der Waals surface area contributed by atoms with Crippen LogP contribution >= 0.6 is 23.6 Å². The molecule has 3 rings (SSSR count). The van der Waals surface area contributed by atoms with Crippen LogP contribution in [0.3, 0.4) is 0 Å². The molecular weight excluding hydrogens is 390 g/mol. The molecular formula is C16H23N5O2S3. The van der Waals surface area contributed by atoms with Crippen LogP contribution in [0.5, 0.6) is 0 Å². The molecule has 10 heteroatoms. The normalized spacial score (nSPS) is 16.7. The number of rotatable bonds is 7. The number of nitrogens with one attached hydrogen (secondary N) is 1. The molecule has 2 heterocycles. The van der Waals surface area contributed by atoms with Gasteiger partial charge in [0.2, 0.25) is 15.2 Å². The Labute approximate surface area is 163 Å². The second-order valence-corrected chi connectivity index (χ2v) is 9.64. The predicted molar refractivity (Wildman–Crippen MR) is 106 cm³/mol. The second-order valence-electron chi connectivity index (χ2n) is 6.08. The first kappa shape index (κ1) is 19.4. The Bertz CT molecular complexity index is 871. The van der Waals surface area contributed by atoms with Crippen LogP contribution in [0.25, 0.3) is 0 Å². The van der Waals surface area contributed by atoms with E-state index in [1.165, 1.54) is 11.3 Å². The van der Waals surface area contributed by atoms with Gasteiger partial charge in [0.25, 0.3) is 0 Å². The van der Waals surface area contributed by atoms with Crippen molar-refractivity contribution < 1.29 is 8.42 Å². The van der Waals surface area contributed by atoms with Crippen molar-refractivity contribution in [2.45, 2.75) is 24.9 Å². The summed E-state index contributed by atoms with van der Waals surface area (Å²) in [6.45, 7) is 5.81. The van der Waals surface area contributed by atoms with Crippen LogP contribution < -0.4 is 5.32 Å². The smallest absolute Gasteiger partial charge is 0.243 e. The topological polar surface area (TPSA) is 70.5 Å². The van der Waals surface area contributed by atoms with Crippen LogP contribution in [-0.2, 0) is 16.7 Å². The predicted octanol–water partition coefficient (Wildman–Crippen LogP) is 2.46. The molecule has 2 aromatic rings. The maximum Gasteiger partial charge on any atom is 0.243 e. The Morgan fingerprint density at radius 2 is 1.88 bits per heavy atom. The van der Waals surface area contributed by atoms with Gasteiger partial charge in [0.1, 0.15) is 0 Å². The second kappa shape index (κ2) is 8.57. The highest BCUT2D eigenvalue weighted by Gasteiger charge is 2.28. The Balaban J connectivity index is 1.59. The van der Waals surface area contributed by atoms with Crippen molar-refractivity contribution >= 4 is 38.7 Å². The minimum absolute atomic E-state index is 0.349. The van der Waals surface area contributed by atoms with Gasteiger partial charge in [0.15, 0.2) is 3.95 Å². The van der Waals surface area contributed by atoms with E-state index in [-0.39, 0.29) is 0 Å². The highest BCUT2D eigenvalue weighted by molar-refractivity contribution is 7.89. The molecule has 142 valence electrons. The molecule has 0 spiro atoms. The molecule has 7 nitrogen and oxygen atoms in total. The van der Waals surface area contributed by atoms with E-state index in [9.17, 15) is 8.42 Å². The van der Waals surface area contributed by atoms with Gasteiger partial charge in [-0.1, -0.05) is 36.5 Å². The van der Waals surface area contributed by atoms with E-state index in [1.54, 1.807) is 33.3 Å². The summed E-state index contributed by atoms with van der Waals surface area (Å²) in [5, 5.41) is 8.59. The monoisotopic (exact) mass is 413 g/mol. The van der Waals surface area contributed by atoms with E-state index in [2.05, 4.69) is 22.2 Å². The van der Waals surface area contributed by atoms with Crippen LogP contribution in [0.15, 0.2) is 35.2 Å². The van der Waals surface area contributed by atoms with Crippen molar-refractivity contribution in [1.29, 1.82) is 0 Å². The van der Waals surface area contributed by atoms with E-state index in [0.29, 0.717) is 37.7 Å². The third kappa shape index (κ3) is 4.49. The lowest BCUT2D eigenvalue weighted by Crippen LogP contribution is -2.48. The molecule has 0 bridgehead atoms. The molecule has 0 amide bonds. The highest BCUT2D eigenvalue weighted by Crippen LogP contribution is 2.19. The summed E-state index contributed by atoms with van der Waals surface area (Å²) in [5.74, 6) is 0. The maximum absolute atomic E-state index is 12.7. The first-order valence-corrected chi connectivity index (χ1v) is 11.3. The third-order valence-electron chi connectivity index (χ3n) is 4.18. The van der Waals surface area contributed by atoms with Crippen molar-refractivity contribution in [2.24, 2.45) is 0 Å². The number of nitrogens with zero attached hydrogens (tertiary/aromatic N) is 4. The van der Waals surface area contributed by atoms with Crippen LogP contribution in [0.4, 0.5) is 5.13 Å². The van der Waals surface area contributed by atoms with E-state index in [4.69, 9.17) is 12.2 Å². The number of piperazine rings is 1. The van der Waals surface area contributed by atoms with Crippen LogP contribution in [0, 0.1) is 3.95 Å². The van der Waals surface area contributed by atoms with E-state index >= 15 is 0 Å². The quantitative estimate of drug-likeness (QED) is 0.703. The fraction of sp³-hybridized carbons (Fsp3) is 0.500. The first-order valence-electron chi connectivity index (χ1n) is 8.60. The minimum Gasteiger partial charge on any atom is -0.360 e. The minimum atomic E-state index is -3.42. The zero-order chi connectivity index (χ0) is 18.6. The molecule has 1 saturated heterocycles. The molecule has 0 atom stereocenters. The van der Waals surface area contributed by atoms with E-state index < -0.39 is 10.0 Å². The number of sulfonamides is 1. The molecule has 0 unspecified atom stereocenters. The average molecular weight is 414 g/mol. The van der Waals surface area contributed by atoms with Gasteiger partial charge in [0.05, 0.1) is 11.6 Å². The van der Waals surface area contributed by atoms with Crippen molar-refractivity contribution in [2.75, 3.05) is 38.0 Å². The lowest BCUT2D eigenvalue weighted by Gasteiger charge is -2.33. The van der Waals surface area contributed by atoms with Gasteiger partial charge in [-0.15, -0.1) is 5.10 Å². The van der Waals surface area contributed by atoms with Crippen molar-refractivity contribution in [1.82, 2.24) is 19.0 Å². The SMILES string of the molecule is CCCNc1nn(CN2CCN(S(=O)(=O)c3ccccc3)CC2)c(=S)s1. The molecule has 0 saturated carbocycles. The lowest BCUT2D eigenvalue weighted by atomic mass is 10.4. The molecule has 1 aromatic carbocycles. The van der Waals surface area contributed by atoms with E-state index in [0.717, 1.165) is 22.1 Å². The summed E-state index contributed by atoms with van der Waals surface area (Å²) in [6.07, 6.45) is 1.03. The molecule has 0 radical (unpaired) electrons. The Morgan fingerprint density at radius 1 is 1.19 bits per heavy atom. The number of hydrogen-bond donors (Lipinski definition) is 1. The van der Waals surface area contributed by atoms with Gasteiger partial charge in [-0.2, -0.15) is 4.31 Å². The molecule has 1 aliphatic heterocycles. The molecule has 1 fully saturated rings. The summed E-state index contributed by atoms with van der Waals surface area (Å²) in [5.41, 5.74) is 0. The molecule has 1 aromatic heterocycles. The van der Waals surface area contributed by atoms with Crippen molar-refractivity contribution in [3.8, 4) is 0 Å². The summed E-state index contributed by atoms with van der Waals surface area (Å²) in [4.78, 5) is 2.53. The molecule has 1 aliphatic rings.